The van der Waals surface area contributed by atoms with Crippen LogP contribution in [0.4, 0.5) is 5.69 Å². The molecule has 2 nitrogen and oxygen atoms in total. The summed E-state index contributed by atoms with van der Waals surface area (Å²) in [5, 5.41) is 0. The van der Waals surface area contributed by atoms with Gasteiger partial charge in [0.05, 0.1) is 0 Å². The summed E-state index contributed by atoms with van der Waals surface area (Å²) in [7, 11) is 4.01. The van der Waals surface area contributed by atoms with Crippen LogP contribution in [-0.2, 0) is 0 Å². The third-order valence-electron chi connectivity index (χ3n) is 2.00. The monoisotopic (exact) mass is 223 g/mol. The van der Waals surface area contributed by atoms with Gasteiger partial charge in [0.1, 0.15) is 12.4 Å². The molecule has 0 atom stereocenters. The summed E-state index contributed by atoms with van der Waals surface area (Å²) in [4.78, 5) is 2.04. The Bertz CT molecular complexity index is 336. The maximum absolute atomic E-state index is 5.57. The molecule has 0 amide bonds. The van der Waals surface area contributed by atoms with Gasteiger partial charge in [0, 0.05) is 31.6 Å². The highest BCUT2D eigenvalue weighted by atomic mass is 32.1. The Hall–Kier alpha value is -1.09. The van der Waals surface area contributed by atoms with Gasteiger partial charge >= 0.3 is 0 Å². The van der Waals surface area contributed by atoms with Crippen LogP contribution in [0.1, 0.15) is 0 Å². The Balaban J connectivity index is 2.61. The highest BCUT2D eigenvalue weighted by molar-refractivity contribution is 7.80. The fourth-order valence-electron chi connectivity index (χ4n) is 1.08. The van der Waals surface area contributed by atoms with Gasteiger partial charge < -0.3 is 9.64 Å². The standard InChI is InChI=1S/C12H17NOS/c1-10(9-15)8-14-12-6-4-5-11(7-12)13(2)3/h4-7,15H,1,8-9H2,2-3H3. The van der Waals surface area contributed by atoms with Crippen molar-refractivity contribution in [2.75, 3.05) is 31.4 Å². The van der Waals surface area contributed by atoms with Crippen molar-refractivity contribution in [1.29, 1.82) is 0 Å². The Morgan fingerprint density at radius 2 is 2.20 bits per heavy atom. The first kappa shape index (κ1) is 12.0. The van der Waals surface area contributed by atoms with E-state index in [4.69, 9.17) is 4.74 Å². The lowest BCUT2D eigenvalue weighted by atomic mass is 10.3. The highest BCUT2D eigenvalue weighted by Crippen LogP contribution is 2.19. The van der Waals surface area contributed by atoms with E-state index < -0.39 is 0 Å². The van der Waals surface area contributed by atoms with Crippen molar-refractivity contribution >= 4 is 18.3 Å². The zero-order valence-electron chi connectivity index (χ0n) is 9.23. The molecule has 0 spiro atoms. The van der Waals surface area contributed by atoms with Crippen molar-refractivity contribution in [2.45, 2.75) is 0 Å². The van der Waals surface area contributed by atoms with Gasteiger partial charge in [-0.2, -0.15) is 12.6 Å². The first-order valence-electron chi connectivity index (χ1n) is 4.81. The average molecular weight is 223 g/mol. The number of thiol groups is 1. The van der Waals surface area contributed by atoms with E-state index >= 15 is 0 Å². The summed E-state index contributed by atoms with van der Waals surface area (Å²) in [6.45, 7) is 4.36. The number of ether oxygens (including phenoxy) is 1. The van der Waals surface area contributed by atoms with Crippen LogP contribution in [0, 0.1) is 0 Å². The first-order valence-corrected chi connectivity index (χ1v) is 5.44. The van der Waals surface area contributed by atoms with Crippen LogP contribution in [-0.4, -0.2) is 26.5 Å². The second-order valence-corrected chi connectivity index (χ2v) is 3.90. The summed E-state index contributed by atoms with van der Waals surface area (Å²) in [6, 6.07) is 7.97. The molecule has 0 bridgehead atoms. The third-order valence-corrected chi connectivity index (χ3v) is 2.45. The Kier molecular flexibility index (Phi) is 4.56. The van der Waals surface area contributed by atoms with Crippen LogP contribution in [0.15, 0.2) is 36.4 Å². The fourth-order valence-corrected chi connectivity index (χ4v) is 1.17. The van der Waals surface area contributed by atoms with Gasteiger partial charge in [0.2, 0.25) is 0 Å². The van der Waals surface area contributed by atoms with Crippen molar-refractivity contribution in [3.8, 4) is 5.75 Å². The van der Waals surface area contributed by atoms with E-state index in [1.54, 1.807) is 0 Å². The number of nitrogens with zero attached hydrogens (tertiary/aromatic N) is 1. The van der Waals surface area contributed by atoms with Crippen LogP contribution in [0.25, 0.3) is 0 Å². The second kappa shape index (κ2) is 5.71. The lowest BCUT2D eigenvalue weighted by Gasteiger charge is -2.14. The molecule has 0 aliphatic carbocycles. The van der Waals surface area contributed by atoms with Gasteiger partial charge in [-0.15, -0.1) is 0 Å². The minimum Gasteiger partial charge on any atom is -0.489 e. The summed E-state index contributed by atoms with van der Waals surface area (Å²) in [5.74, 6) is 1.53. The van der Waals surface area contributed by atoms with Crippen LogP contribution in [0.3, 0.4) is 0 Å². The molecule has 1 aromatic carbocycles. The van der Waals surface area contributed by atoms with E-state index in [-0.39, 0.29) is 0 Å². The van der Waals surface area contributed by atoms with Crippen LogP contribution >= 0.6 is 12.6 Å². The van der Waals surface area contributed by atoms with E-state index in [0.717, 1.165) is 17.0 Å². The molecule has 0 radical (unpaired) electrons. The normalized spacial score (nSPS) is 9.80. The zero-order valence-corrected chi connectivity index (χ0v) is 10.1. The van der Waals surface area contributed by atoms with Gasteiger partial charge in [0.25, 0.3) is 0 Å². The smallest absolute Gasteiger partial charge is 0.121 e. The molecule has 82 valence electrons. The number of benzene rings is 1. The average Bonchev–Trinajstić information content (AvgIpc) is 2.26. The van der Waals surface area contributed by atoms with Crippen molar-refractivity contribution in [3.63, 3.8) is 0 Å². The molecule has 0 aliphatic rings. The predicted molar refractivity (Wildman–Crippen MR) is 69.3 cm³/mol. The molecule has 1 aromatic rings. The van der Waals surface area contributed by atoms with Gasteiger partial charge in [-0.25, -0.2) is 0 Å². The molecule has 0 N–H and O–H groups in total. The maximum atomic E-state index is 5.57. The third kappa shape index (κ3) is 3.88. The summed E-state index contributed by atoms with van der Waals surface area (Å²) in [6.07, 6.45) is 0. The summed E-state index contributed by atoms with van der Waals surface area (Å²) < 4.78 is 5.57. The molecule has 0 aliphatic heterocycles. The molecule has 15 heavy (non-hydrogen) atoms. The topological polar surface area (TPSA) is 12.5 Å². The quantitative estimate of drug-likeness (QED) is 0.608. The first-order chi connectivity index (χ1) is 7.13. The van der Waals surface area contributed by atoms with Gasteiger partial charge in [-0.05, 0) is 17.7 Å². The molecule has 0 saturated heterocycles. The largest absolute Gasteiger partial charge is 0.489 e. The van der Waals surface area contributed by atoms with E-state index in [2.05, 4.69) is 19.2 Å². The molecule has 1 rings (SSSR count). The SMILES string of the molecule is C=C(CS)COc1cccc(N(C)C)c1. The minimum absolute atomic E-state index is 0.528. The Labute approximate surface area is 97.0 Å². The van der Waals surface area contributed by atoms with E-state index in [1.807, 2.05) is 43.3 Å². The molecule has 0 aromatic heterocycles. The van der Waals surface area contributed by atoms with Crippen molar-refractivity contribution in [3.05, 3.63) is 36.4 Å². The van der Waals surface area contributed by atoms with Crippen molar-refractivity contribution < 1.29 is 4.74 Å². The van der Waals surface area contributed by atoms with Crippen LogP contribution < -0.4 is 9.64 Å². The van der Waals surface area contributed by atoms with Crippen LogP contribution in [0.5, 0.6) is 5.75 Å². The molecule has 3 heteroatoms. The molecular weight excluding hydrogens is 206 g/mol. The van der Waals surface area contributed by atoms with Gasteiger partial charge in [0.15, 0.2) is 0 Å². The summed E-state index contributed by atoms with van der Waals surface area (Å²) >= 11 is 4.13. The van der Waals surface area contributed by atoms with Gasteiger partial charge in [-0.3, -0.25) is 0 Å². The highest BCUT2D eigenvalue weighted by Gasteiger charge is 1.99. The molecular formula is C12H17NOS. The predicted octanol–water partition coefficient (Wildman–Crippen LogP) is 2.62. The van der Waals surface area contributed by atoms with E-state index in [0.29, 0.717) is 12.4 Å². The molecule has 0 heterocycles. The number of hydrogen-bond donors (Lipinski definition) is 1. The molecule has 0 unspecified atom stereocenters. The number of hydrogen-bond acceptors (Lipinski definition) is 3. The van der Waals surface area contributed by atoms with E-state index in [1.165, 1.54) is 0 Å². The van der Waals surface area contributed by atoms with Gasteiger partial charge in [-0.1, -0.05) is 12.6 Å². The Morgan fingerprint density at radius 3 is 2.80 bits per heavy atom. The Morgan fingerprint density at radius 1 is 1.47 bits per heavy atom. The number of anilines is 1. The maximum Gasteiger partial charge on any atom is 0.121 e. The number of rotatable bonds is 5. The summed E-state index contributed by atoms with van der Waals surface area (Å²) in [5.41, 5.74) is 2.11. The second-order valence-electron chi connectivity index (χ2n) is 3.59. The van der Waals surface area contributed by atoms with E-state index in [9.17, 15) is 0 Å². The van der Waals surface area contributed by atoms with Crippen LogP contribution in [0.2, 0.25) is 0 Å². The molecule has 0 fully saturated rings. The minimum atomic E-state index is 0.528. The van der Waals surface area contributed by atoms with Crippen molar-refractivity contribution in [1.82, 2.24) is 0 Å². The zero-order chi connectivity index (χ0) is 11.3. The fraction of sp³-hybridized carbons (Fsp3) is 0.333. The lowest BCUT2D eigenvalue weighted by molar-refractivity contribution is 0.353. The molecule has 0 saturated carbocycles. The van der Waals surface area contributed by atoms with Crippen molar-refractivity contribution in [2.24, 2.45) is 0 Å². The lowest BCUT2D eigenvalue weighted by Crippen LogP contribution is -2.09.